The van der Waals surface area contributed by atoms with Crippen LogP contribution in [-0.4, -0.2) is 36.6 Å². The van der Waals surface area contributed by atoms with E-state index in [0.717, 1.165) is 20.9 Å². The van der Waals surface area contributed by atoms with Gasteiger partial charge in [-0.2, -0.15) is 0 Å². The Labute approximate surface area is 165 Å². The van der Waals surface area contributed by atoms with Gasteiger partial charge in [0.1, 0.15) is 11.8 Å². The quantitative estimate of drug-likeness (QED) is 0.563. The van der Waals surface area contributed by atoms with Gasteiger partial charge >= 0.3 is 5.97 Å². The first-order valence-electron chi connectivity index (χ1n) is 8.37. The van der Waals surface area contributed by atoms with Crippen LogP contribution in [0.15, 0.2) is 59.2 Å². The summed E-state index contributed by atoms with van der Waals surface area (Å²) in [5.74, 6) is -0.329. The minimum atomic E-state index is -0.796. The van der Waals surface area contributed by atoms with E-state index >= 15 is 0 Å². The number of ether oxygens (including phenoxy) is 2. The Bertz CT molecular complexity index is 937. The third kappa shape index (κ3) is 4.89. The second-order valence-electron chi connectivity index (χ2n) is 5.95. The maximum absolute atomic E-state index is 12.2. The smallest absolute Gasteiger partial charge is 0.328 e. The molecule has 1 amide bonds. The molecule has 6 nitrogen and oxygen atoms in total. The molecule has 1 atom stereocenters. The van der Waals surface area contributed by atoms with Gasteiger partial charge in [0.2, 0.25) is 0 Å². The average Bonchev–Trinajstić information content (AvgIpc) is 3.09. The first-order valence-corrected chi connectivity index (χ1v) is 9.16. The first kappa shape index (κ1) is 19.0. The Morgan fingerprint density at radius 1 is 1.15 bits per heavy atom. The van der Waals surface area contributed by atoms with Crippen LogP contribution in [0.25, 0.3) is 10.9 Å². The number of nitrogens with one attached hydrogen (secondary N) is 2. The van der Waals surface area contributed by atoms with Crippen molar-refractivity contribution in [3.63, 3.8) is 0 Å². The standard InChI is InChI=1S/C20H19BrN2O4/c1-26-20(25)18(10-13-11-22-17-5-3-2-4-16(13)17)23-19(24)12-27-15-8-6-14(21)7-9-15/h2-9,11,18,22H,10,12H2,1H3,(H,23,24). The summed E-state index contributed by atoms with van der Waals surface area (Å²) in [4.78, 5) is 27.5. The number of aromatic amines is 1. The Kier molecular flexibility index (Phi) is 6.13. The van der Waals surface area contributed by atoms with Gasteiger partial charge in [-0.15, -0.1) is 0 Å². The van der Waals surface area contributed by atoms with Crippen molar-refractivity contribution in [3.8, 4) is 5.75 Å². The summed E-state index contributed by atoms with van der Waals surface area (Å²) < 4.78 is 11.2. The summed E-state index contributed by atoms with van der Waals surface area (Å²) in [6.45, 7) is -0.191. The lowest BCUT2D eigenvalue weighted by molar-refractivity contribution is -0.145. The van der Waals surface area contributed by atoms with Gasteiger partial charge in [-0.05, 0) is 35.9 Å². The van der Waals surface area contributed by atoms with Crippen LogP contribution in [0, 0.1) is 0 Å². The van der Waals surface area contributed by atoms with Gasteiger partial charge in [-0.25, -0.2) is 4.79 Å². The fraction of sp³-hybridized carbons (Fsp3) is 0.200. The van der Waals surface area contributed by atoms with E-state index in [9.17, 15) is 9.59 Å². The van der Waals surface area contributed by atoms with Crippen LogP contribution in [0.5, 0.6) is 5.75 Å². The van der Waals surface area contributed by atoms with E-state index in [0.29, 0.717) is 12.2 Å². The van der Waals surface area contributed by atoms with E-state index in [1.54, 1.807) is 12.1 Å². The largest absolute Gasteiger partial charge is 0.484 e. The molecule has 0 aliphatic carbocycles. The van der Waals surface area contributed by atoms with Gasteiger partial charge < -0.3 is 19.8 Å². The summed E-state index contributed by atoms with van der Waals surface area (Å²) in [7, 11) is 1.30. The van der Waals surface area contributed by atoms with Crippen molar-refractivity contribution in [2.45, 2.75) is 12.5 Å². The first-order chi connectivity index (χ1) is 13.1. The highest BCUT2D eigenvalue weighted by atomic mass is 79.9. The topological polar surface area (TPSA) is 80.4 Å². The maximum atomic E-state index is 12.2. The maximum Gasteiger partial charge on any atom is 0.328 e. The zero-order chi connectivity index (χ0) is 19.2. The van der Waals surface area contributed by atoms with Crippen molar-refractivity contribution in [2.24, 2.45) is 0 Å². The molecule has 3 rings (SSSR count). The van der Waals surface area contributed by atoms with Crippen LogP contribution in [0.3, 0.4) is 0 Å². The summed E-state index contributed by atoms with van der Waals surface area (Å²) in [6.07, 6.45) is 2.16. The number of para-hydroxylation sites is 1. The number of hydrogen-bond acceptors (Lipinski definition) is 4. The summed E-state index contributed by atoms with van der Waals surface area (Å²) >= 11 is 3.34. The third-order valence-corrected chi connectivity index (χ3v) is 4.63. The Hall–Kier alpha value is -2.80. The number of amides is 1. The second-order valence-corrected chi connectivity index (χ2v) is 6.87. The van der Waals surface area contributed by atoms with Crippen LogP contribution in [-0.2, 0) is 20.7 Å². The Balaban J connectivity index is 1.65. The normalized spacial score (nSPS) is 11.8. The third-order valence-electron chi connectivity index (χ3n) is 4.10. The van der Waals surface area contributed by atoms with Crippen LogP contribution in [0.2, 0.25) is 0 Å². The predicted molar refractivity (Wildman–Crippen MR) is 106 cm³/mol. The van der Waals surface area contributed by atoms with Crippen molar-refractivity contribution in [1.82, 2.24) is 10.3 Å². The zero-order valence-electron chi connectivity index (χ0n) is 14.7. The molecule has 27 heavy (non-hydrogen) atoms. The molecule has 0 saturated heterocycles. The van der Waals surface area contributed by atoms with E-state index in [1.165, 1.54) is 7.11 Å². The van der Waals surface area contributed by atoms with Gasteiger partial charge in [0.05, 0.1) is 7.11 Å². The molecule has 1 heterocycles. The number of aromatic nitrogens is 1. The zero-order valence-corrected chi connectivity index (χ0v) is 16.3. The van der Waals surface area contributed by atoms with Gasteiger partial charge in [-0.3, -0.25) is 4.79 Å². The monoisotopic (exact) mass is 430 g/mol. The number of carbonyl (C=O) groups is 2. The number of fused-ring (bicyclic) bond motifs is 1. The number of benzene rings is 2. The minimum Gasteiger partial charge on any atom is -0.484 e. The molecule has 1 unspecified atom stereocenters. The fourth-order valence-electron chi connectivity index (χ4n) is 2.77. The molecule has 0 fully saturated rings. The second kappa shape index (κ2) is 8.73. The molecule has 0 aliphatic rings. The Morgan fingerprint density at radius 3 is 2.63 bits per heavy atom. The number of hydrogen-bond donors (Lipinski definition) is 2. The molecule has 2 aromatic carbocycles. The molecule has 0 radical (unpaired) electrons. The molecule has 0 spiro atoms. The van der Waals surface area contributed by atoms with E-state index in [4.69, 9.17) is 9.47 Å². The average molecular weight is 431 g/mol. The lowest BCUT2D eigenvalue weighted by Gasteiger charge is -2.16. The van der Waals surface area contributed by atoms with Gasteiger partial charge in [-0.1, -0.05) is 34.1 Å². The highest BCUT2D eigenvalue weighted by molar-refractivity contribution is 9.10. The molecule has 7 heteroatoms. The van der Waals surface area contributed by atoms with Crippen molar-refractivity contribution >= 4 is 38.7 Å². The Morgan fingerprint density at radius 2 is 1.89 bits per heavy atom. The molecule has 0 saturated carbocycles. The van der Waals surface area contributed by atoms with Crippen LogP contribution in [0.4, 0.5) is 0 Å². The van der Waals surface area contributed by atoms with E-state index < -0.39 is 17.9 Å². The number of halogens is 1. The molecule has 140 valence electrons. The number of methoxy groups -OCH3 is 1. The highest BCUT2D eigenvalue weighted by Crippen LogP contribution is 2.19. The minimum absolute atomic E-state index is 0.191. The summed E-state index contributed by atoms with van der Waals surface area (Å²) in [5, 5.41) is 3.70. The van der Waals surface area contributed by atoms with Gasteiger partial charge in [0.15, 0.2) is 6.61 Å². The van der Waals surface area contributed by atoms with Gasteiger partial charge in [0, 0.05) is 28.0 Å². The molecule has 1 aromatic heterocycles. The molecular weight excluding hydrogens is 412 g/mol. The van der Waals surface area contributed by atoms with E-state index in [1.807, 2.05) is 42.6 Å². The predicted octanol–water partition coefficient (Wildman–Crippen LogP) is 3.21. The van der Waals surface area contributed by atoms with Crippen molar-refractivity contribution < 1.29 is 19.1 Å². The fourth-order valence-corrected chi connectivity index (χ4v) is 3.04. The molecule has 3 aromatic rings. The number of rotatable bonds is 7. The summed E-state index contributed by atoms with van der Waals surface area (Å²) in [6, 6.07) is 14.1. The van der Waals surface area contributed by atoms with E-state index in [2.05, 4.69) is 26.2 Å². The van der Waals surface area contributed by atoms with Gasteiger partial charge in [0.25, 0.3) is 5.91 Å². The highest BCUT2D eigenvalue weighted by Gasteiger charge is 2.23. The van der Waals surface area contributed by atoms with Crippen LogP contribution >= 0.6 is 15.9 Å². The van der Waals surface area contributed by atoms with Crippen molar-refractivity contribution in [2.75, 3.05) is 13.7 Å². The lowest BCUT2D eigenvalue weighted by Crippen LogP contribution is -2.44. The van der Waals surface area contributed by atoms with Crippen molar-refractivity contribution in [1.29, 1.82) is 0 Å². The molecule has 0 bridgehead atoms. The number of H-pyrrole nitrogens is 1. The SMILES string of the molecule is COC(=O)C(Cc1c[nH]c2ccccc12)NC(=O)COc1ccc(Br)cc1. The van der Waals surface area contributed by atoms with Crippen LogP contribution < -0.4 is 10.1 Å². The number of carbonyl (C=O) groups excluding carboxylic acids is 2. The van der Waals surface area contributed by atoms with E-state index in [-0.39, 0.29) is 6.61 Å². The van der Waals surface area contributed by atoms with Crippen LogP contribution in [0.1, 0.15) is 5.56 Å². The molecular formula is C20H19BrN2O4. The number of esters is 1. The summed E-state index contributed by atoms with van der Waals surface area (Å²) in [5.41, 5.74) is 1.90. The molecule has 2 N–H and O–H groups in total. The lowest BCUT2D eigenvalue weighted by atomic mass is 10.0. The molecule has 0 aliphatic heterocycles. The van der Waals surface area contributed by atoms with Crippen molar-refractivity contribution in [3.05, 3.63) is 64.8 Å².